The van der Waals surface area contributed by atoms with Crippen LogP contribution in [0.3, 0.4) is 0 Å². The summed E-state index contributed by atoms with van der Waals surface area (Å²) in [6.45, 7) is 0. The van der Waals surface area contributed by atoms with Crippen molar-refractivity contribution in [1.29, 1.82) is 0 Å². The normalized spacial score (nSPS) is 10.2. The SMILES string of the molecule is Nc1cccc(C(=O)Oc2ccccc2-c2[c]cccc2)c1. The zero-order chi connectivity index (χ0) is 15.4. The van der Waals surface area contributed by atoms with Crippen molar-refractivity contribution in [2.24, 2.45) is 0 Å². The van der Waals surface area contributed by atoms with Crippen LogP contribution >= 0.6 is 0 Å². The third-order valence-electron chi connectivity index (χ3n) is 3.21. The Kier molecular flexibility index (Phi) is 3.88. The number of ether oxygens (including phenoxy) is 1. The Morgan fingerprint density at radius 2 is 1.77 bits per heavy atom. The van der Waals surface area contributed by atoms with Crippen LogP contribution in [-0.4, -0.2) is 5.97 Å². The summed E-state index contributed by atoms with van der Waals surface area (Å²) < 4.78 is 5.53. The molecule has 107 valence electrons. The molecule has 0 heterocycles. The predicted molar refractivity (Wildman–Crippen MR) is 86.5 cm³/mol. The van der Waals surface area contributed by atoms with Gasteiger partial charge >= 0.3 is 5.97 Å². The van der Waals surface area contributed by atoms with Crippen molar-refractivity contribution in [3.63, 3.8) is 0 Å². The van der Waals surface area contributed by atoms with E-state index >= 15 is 0 Å². The monoisotopic (exact) mass is 288 g/mol. The molecular formula is C19H14NO2. The van der Waals surface area contributed by atoms with Gasteiger partial charge in [-0.15, -0.1) is 0 Å². The molecule has 3 nitrogen and oxygen atoms in total. The number of esters is 1. The summed E-state index contributed by atoms with van der Waals surface area (Å²) in [5.74, 6) is 0.0630. The van der Waals surface area contributed by atoms with Crippen molar-refractivity contribution in [2.75, 3.05) is 5.73 Å². The zero-order valence-corrected chi connectivity index (χ0v) is 11.8. The second-order valence-corrected chi connectivity index (χ2v) is 4.79. The molecule has 0 amide bonds. The van der Waals surface area contributed by atoms with Gasteiger partial charge in [-0.2, -0.15) is 0 Å². The maximum Gasteiger partial charge on any atom is 0.343 e. The lowest BCUT2D eigenvalue weighted by molar-refractivity contribution is 0.0735. The molecule has 0 aliphatic rings. The molecule has 0 saturated carbocycles. The molecule has 2 N–H and O–H groups in total. The van der Waals surface area contributed by atoms with E-state index in [0.29, 0.717) is 17.0 Å². The lowest BCUT2D eigenvalue weighted by Gasteiger charge is -2.10. The molecule has 3 rings (SSSR count). The summed E-state index contributed by atoms with van der Waals surface area (Å²) in [7, 11) is 0. The van der Waals surface area contributed by atoms with Crippen molar-refractivity contribution in [2.45, 2.75) is 0 Å². The second-order valence-electron chi connectivity index (χ2n) is 4.79. The van der Waals surface area contributed by atoms with E-state index in [0.717, 1.165) is 11.1 Å². The predicted octanol–water partition coefficient (Wildman–Crippen LogP) is 3.96. The van der Waals surface area contributed by atoms with Crippen LogP contribution in [0.4, 0.5) is 5.69 Å². The first-order chi connectivity index (χ1) is 10.7. The van der Waals surface area contributed by atoms with Crippen LogP contribution < -0.4 is 10.5 Å². The Labute approximate surface area is 129 Å². The van der Waals surface area contributed by atoms with Gasteiger partial charge in [0.1, 0.15) is 5.75 Å². The number of nitrogens with two attached hydrogens (primary N) is 1. The summed E-state index contributed by atoms with van der Waals surface area (Å²) in [6.07, 6.45) is 0. The van der Waals surface area contributed by atoms with Crippen LogP contribution in [0.25, 0.3) is 11.1 Å². The number of carbonyl (C=O) groups excluding carboxylic acids is 1. The van der Waals surface area contributed by atoms with E-state index in [2.05, 4.69) is 6.07 Å². The summed E-state index contributed by atoms with van der Waals surface area (Å²) in [5, 5.41) is 0. The first-order valence-electron chi connectivity index (χ1n) is 6.88. The molecule has 1 radical (unpaired) electrons. The number of anilines is 1. The Morgan fingerprint density at radius 3 is 2.55 bits per heavy atom. The highest BCUT2D eigenvalue weighted by atomic mass is 16.5. The van der Waals surface area contributed by atoms with E-state index in [1.54, 1.807) is 30.3 Å². The third-order valence-corrected chi connectivity index (χ3v) is 3.21. The fourth-order valence-corrected chi connectivity index (χ4v) is 2.16. The summed E-state index contributed by atoms with van der Waals surface area (Å²) in [6, 6.07) is 24.8. The molecule has 3 aromatic rings. The summed E-state index contributed by atoms with van der Waals surface area (Å²) in [4.78, 5) is 12.3. The minimum absolute atomic E-state index is 0.423. The fourth-order valence-electron chi connectivity index (χ4n) is 2.16. The molecule has 0 unspecified atom stereocenters. The van der Waals surface area contributed by atoms with Crippen LogP contribution in [0.2, 0.25) is 0 Å². The third kappa shape index (κ3) is 2.99. The lowest BCUT2D eigenvalue weighted by Crippen LogP contribution is -2.09. The summed E-state index contributed by atoms with van der Waals surface area (Å²) in [5.41, 5.74) is 8.34. The maximum atomic E-state index is 12.3. The number of hydrogen-bond acceptors (Lipinski definition) is 3. The number of benzene rings is 3. The molecule has 0 aliphatic heterocycles. The number of hydrogen-bond donors (Lipinski definition) is 1. The Balaban J connectivity index is 1.92. The molecular weight excluding hydrogens is 274 g/mol. The van der Waals surface area contributed by atoms with Crippen molar-refractivity contribution in [3.8, 4) is 16.9 Å². The van der Waals surface area contributed by atoms with Gasteiger partial charge in [0.15, 0.2) is 0 Å². The molecule has 0 aliphatic carbocycles. The second kappa shape index (κ2) is 6.14. The average molecular weight is 288 g/mol. The molecule has 3 heteroatoms. The van der Waals surface area contributed by atoms with Crippen molar-refractivity contribution in [1.82, 2.24) is 0 Å². The maximum absolute atomic E-state index is 12.3. The van der Waals surface area contributed by atoms with Gasteiger partial charge in [0, 0.05) is 11.3 Å². The highest BCUT2D eigenvalue weighted by Gasteiger charge is 2.12. The standard InChI is InChI=1S/C19H14NO2/c20-16-10-6-9-15(13-16)19(21)22-18-12-5-4-11-17(18)14-7-2-1-3-8-14/h1-7,9-13H,20H2. The largest absolute Gasteiger partial charge is 0.422 e. The van der Waals surface area contributed by atoms with Crippen LogP contribution in [0.5, 0.6) is 5.75 Å². The molecule has 3 aromatic carbocycles. The highest BCUT2D eigenvalue weighted by molar-refractivity contribution is 5.93. The van der Waals surface area contributed by atoms with Crippen molar-refractivity contribution >= 4 is 11.7 Å². The molecule has 0 bridgehead atoms. The van der Waals surface area contributed by atoms with E-state index in [4.69, 9.17) is 10.5 Å². The van der Waals surface area contributed by atoms with Gasteiger partial charge in [-0.1, -0.05) is 48.5 Å². The number of carbonyl (C=O) groups is 1. The van der Waals surface area contributed by atoms with Gasteiger partial charge in [-0.05, 0) is 35.9 Å². The van der Waals surface area contributed by atoms with Crippen LogP contribution in [-0.2, 0) is 0 Å². The number of nitrogen functional groups attached to an aromatic ring is 1. The van der Waals surface area contributed by atoms with Gasteiger partial charge in [0.25, 0.3) is 0 Å². The Bertz CT molecular complexity index is 797. The molecule has 22 heavy (non-hydrogen) atoms. The number of rotatable bonds is 3. The van der Waals surface area contributed by atoms with Crippen LogP contribution in [0.1, 0.15) is 10.4 Å². The molecule has 0 spiro atoms. The van der Waals surface area contributed by atoms with E-state index in [1.807, 2.05) is 42.5 Å². The first-order valence-corrected chi connectivity index (χ1v) is 6.88. The van der Waals surface area contributed by atoms with Gasteiger partial charge in [0.2, 0.25) is 0 Å². The lowest BCUT2D eigenvalue weighted by atomic mass is 10.0. The van der Waals surface area contributed by atoms with Gasteiger partial charge in [-0.3, -0.25) is 0 Å². The van der Waals surface area contributed by atoms with E-state index in [9.17, 15) is 4.79 Å². The topological polar surface area (TPSA) is 52.3 Å². The van der Waals surface area contributed by atoms with E-state index in [-0.39, 0.29) is 0 Å². The molecule has 0 saturated heterocycles. The van der Waals surface area contributed by atoms with Gasteiger partial charge in [0.05, 0.1) is 5.56 Å². The minimum Gasteiger partial charge on any atom is -0.422 e. The zero-order valence-electron chi connectivity index (χ0n) is 11.8. The molecule has 0 fully saturated rings. The molecule has 0 atom stereocenters. The van der Waals surface area contributed by atoms with Gasteiger partial charge in [-0.25, -0.2) is 4.79 Å². The first kappa shape index (κ1) is 13.9. The fraction of sp³-hybridized carbons (Fsp3) is 0. The highest BCUT2D eigenvalue weighted by Crippen LogP contribution is 2.29. The van der Waals surface area contributed by atoms with Crippen molar-refractivity contribution in [3.05, 3.63) is 84.4 Å². The summed E-state index contributed by atoms with van der Waals surface area (Å²) >= 11 is 0. The Morgan fingerprint density at radius 1 is 0.955 bits per heavy atom. The minimum atomic E-state index is -0.435. The van der Waals surface area contributed by atoms with Crippen molar-refractivity contribution < 1.29 is 9.53 Å². The Hall–Kier alpha value is -3.07. The smallest absolute Gasteiger partial charge is 0.343 e. The van der Waals surface area contributed by atoms with Crippen LogP contribution in [0, 0.1) is 6.07 Å². The van der Waals surface area contributed by atoms with E-state index in [1.165, 1.54) is 0 Å². The van der Waals surface area contributed by atoms with Gasteiger partial charge < -0.3 is 10.5 Å². The average Bonchev–Trinajstić information content (AvgIpc) is 2.56. The van der Waals surface area contributed by atoms with E-state index < -0.39 is 5.97 Å². The van der Waals surface area contributed by atoms with Crippen LogP contribution in [0.15, 0.2) is 72.8 Å². The quantitative estimate of drug-likeness (QED) is 0.451. The molecule has 0 aromatic heterocycles. The number of para-hydroxylation sites is 1.